The first-order chi connectivity index (χ1) is 11.3. The van der Waals surface area contributed by atoms with E-state index in [0.717, 1.165) is 36.1 Å². The van der Waals surface area contributed by atoms with Crippen LogP contribution in [0.15, 0.2) is 30.5 Å². The maximum Gasteiger partial charge on any atom is 0.279 e. The lowest BCUT2D eigenvalue weighted by molar-refractivity contribution is 0.102. The molecule has 0 spiro atoms. The number of fused-ring (bicyclic) bond motifs is 1. The van der Waals surface area contributed by atoms with E-state index < -0.39 is 0 Å². The molecule has 3 heterocycles. The number of carbonyl (C=O) groups excluding carboxylic acids is 1. The van der Waals surface area contributed by atoms with E-state index in [2.05, 4.69) is 25.9 Å². The molecule has 0 unspecified atom stereocenters. The van der Waals surface area contributed by atoms with Gasteiger partial charge in [-0.1, -0.05) is 28.7 Å². The zero-order valence-corrected chi connectivity index (χ0v) is 13.2. The zero-order valence-electron chi connectivity index (χ0n) is 12.4. The first-order valence-electron chi connectivity index (χ1n) is 7.59. The second-order valence-corrected chi connectivity index (χ2v) is 6.54. The molecule has 23 heavy (non-hydrogen) atoms. The molecule has 1 aliphatic rings. The standard InChI is InChI=1S/C15H16N6OS/c22-14(18-15-17-11-3-1-2-4-13(11)23-15)12-9-21(20-19-12)10-5-7-16-8-6-10/h1-4,9-10,16H,5-8H2,(H,17,18,22). The number of aromatic nitrogens is 4. The van der Waals surface area contributed by atoms with E-state index in [1.165, 1.54) is 11.3 Å². The highest BCUT2D eigenvalue weighted by molar-refractivity contribution is 7.22. The predicted molar refractivity (Wildman–Crippen MR) is 88.7 cm³/mol. The lowest BCUT2D eigenvalue weighted by Crippen LogP contribution is -2.29. The quantitative estimate of drug-likeness (QED) is 0.769. The number of nitrogens with one attached hydrogen (secondary N) is 2. The van der Waals surface area contributed by atoms with Crippen molar-refractivity contribution in [2.75, 3.05) is 18.4 Å². The van der Waals surface area contributed by atoms with Crippen LogP contribution in [-0.2, 0) is 0 Å². The number of hydrogen-bond acceptors (Lipinski definition) is 6. The second-order valence-electron chi connectivity index (χ2n) is 5.51. The number of thiazole rings is 1. The Hall–Kier alpha value is -2.32. The molecule has 0 aliphatic carbocycles. The average molecular weight is 328 g/mol. The van der Waals surface area contributed by atoms with Crippen molar-refractivity contribution in [3.8, 4) is 0 Å². The Morgan fingerprint density at radius 2 is 2.13 bits per heavy atom. The van der Waals surface area contributed by atoms with E-state index in [0.29, 0.717) is 16.9 Å². The molecule has 7 nitrogen and oxygen atoms in total. The molecule has 118 valence electrons. The molecule has 1 fully saturated rings. The van der Waals surface area contributed by atoms with Crippen LogP contribution in [0.1, 0.15) is 29.4 Å². The summed E-state index contributed by atoms with van der Waals surface area (Å²) in [7, 11) is 0. The molecule has 1 saturated heterocycles. The monoisotopic (exact) mass is 328 g/mol. The van der Waals surface area contributed by atoms with Crippen molar-refractivity contribution < 1.29 is 4.79 Å². The van der Waals surface area contributed by atoms with Gasteiger partial charge in [0.25, 0.3) is 5.91 Å². The number of rotatable bonds is 3. The van der Waals surface area contributed by atoms with E-state index in [4.69, 9.17) is 0 Å². The van der Waals surface area contributed by atoms with Gasteiger partial charge in [0.05, 0.1) is 22.5 Å². The number of para-hydroxylation sites is 1. The van der Waals surface area contributed by atoms with Gasteiger partial charge in [-0.3, -0.25) is 10.1 Å². The van der Waals surface area contributed by atoms with Crippen LogP contribution in [0.3, 0.4) is 0 Å². The van der Waals surface area contributed by atoms with Gasteiger partial charge in [-0.05, 0) is 38.1 Å². The molecule has 4 rings (SSSR count). The molecule has 0 bridgehead atoms. The maximum atomic E-state index is 12.3. The minimum absolute atomic E-state index is 0.274. The molecule has 8 heteroatoms. The van der Waals surface area contributed by atoms with E-state index >= 15 is 0 Å². The zero-order chi connectivity index (χ0) is 15.6. The van der Waals surface area contributed by atoms with E-state index in [9.17, 15) is 4.79 Å². The molecule has 0 saturated carbocycles. The van der Waals surface area contributed by atoms with Crippen LogP contribution in [0.2, 0.25) is 0 Å². The Labute approximate surface area is 136 Å². The fourth-order valence-corrected chi connectivity index (χ4v) is 3.58. The second kappa shape index (κ2) is 6.05. The number of piperidine rings is 1. The molecule has 0 atom stereocenters. The van der Waals surface area contributed by atoms with Crippen molar-refractivity contribution in [2.45, 2.75) is 18.9 Å². The smallest absolute Gasteiger partial charge is 0.279 e. The highest BCUT2D eigenvalue weighted by atomic mass is 32.1. The highest BCUT2D eigenvalue weighted by Gasteiger charge is 2.19. The Kier molecular flexibility index (Phi) is 3.76. The van der Waals surface area contributed by atoms with Gasteiger partial charge in [0, 0.05) is 0 Å². The molecular weight excluding hydrogens is 312 g/mol. The number of amides is 1. The molecule has 3 aromatic rings. The van der Waals surface area contributed by atoms with Gasteiger partial charge < -0.3 is 5.32 Å². The van der Waals surface area contributed by atoms with Gasteiger partial charge >= 0.3 is 0 Å². The highest BCUT2D eigenvalue weighted by Crippen LogP contribution is 2.25. The number of nitrogens with zero attached hydrogens (tertiary/aromatic N) is 4. The van der Waals surface area contributed by atoms with Gasteiger partial charge in [0.15, 0.2) is 10.8 Å². The third-order valence-corrected chi connectivity index (χ3v) is 4.89. The third kappa shape index (κ3) is 2.95. The van der Waals surface area contributed by atoms with Gasteiger partial charge in [-0.25, -0.2) is 9.67 Å². The Balaban J connectivity index is 1.49. The topological polar surface area (TPSA) is 84.7 Å². The van der Waals surface area contributed by atoms with Crippen molar-refractivity contribution in [2.24, 2.45) is 0 Å². The third-order valence-electron chi connectivity index (χ3n) is 3.94. The summed E-state index contributed by atoms with van der Waals surface area (Å²) >= 11 is 1.45. The van der Waals surface area contributed by atoms with Crippen LogP contribution >= 0.6 is 11.3 Å². The van der Waals surface area contributed by atoms with Crippen LogP contribution in [-0.4, -0.2) is 39.0 Å². The number of benzene rings is 1. The van der Waals surface area contributed by atoms with Crippen molar-refractivity contribution in [3.05, 3.63) is 36.2 Å². The number of carbonyl (C=O) groups is 1. The Morgan fingerprint density at radius 3 is 2.96 bits per heavy atom. The summed E-state index contributed by atoms with van der Waals surface area (Å²) < 4.78 is 2.84. The molecule has 1 aromatic carbocycles. The summed E-state index contributed by atoms with van der Waals surface area (Å²) in [5.41, 5.74) is 1.20. The van der Waals surface area contributed by atoms with Gasteiger partial charge in [0.1, 0.15) is 0 Å². The summed E-state index contributed by atoms with van der Waals surface area (Å²) in [6.45, 7) is 1.94. The fourth-order valence-electron chi connectivity index (χ4n) is 2.72. The number of hydrogen-bond donors (Lipinski definition) is 2. The van der Waals surface area contributed by atoms with Crippen molar-refractivity contribution in [3.63, 3.8) is 0 Å². The number of anilines is 1. The van der Waals surface area contributed by atoms with Gasteiger partial charge in [-0.2, -0.15) is 0 Å². The van der Waals surface area contributed by atoms with E-state index in [1.54, 1.807) is 10.9 Å². The van der Waals surface area contributed by atoms with Crippen LogP contribution in [0.25, 0.3) is 10.2 Å². The molecule has 1 aliphatic heterocycles. The minimum atomic E-state index is -0.274. The summed E-state index contributed by atoms with van der Waals surface area (Å²) in [5.74, 6) is -0.274. The lowest BCUT2D eigenvalue weighted by Gasteiger charge is -2.21. The first-order valence-corrected chi connectivity index (χ1v) is 8.41. The largest absolute Gasteiger partial charge is 0.317 e. The lowest BCUT2D eigenvalue weighted by atomic mass is 10.1. The van der Waals surface area contributed by atoms with Crippen LogP contribution in [0, 0.1) is 0 Å². The van der Waals surface area contributed by atoms with E-state index in [1.807, 2.05) is 24.3 Å². The van der Waals surface area contributed by atoms with Crippen molar-refractivity contribution in [1.82, 2.24) is 25.3 Å². The normalized spacial score (nSPS) is 15.8. The molecule has 0 radical (unpaired) electrons. The van der Waals surface area contributed by atoms with Gasteiger partial charge in [0.2, 0.25) is 0 Å². The maximum absolute atomic E-state index is 12.3. The van der Waals surface area contributed by atoms with Crippen LogP contribution < -0.4 is 10.6 Å². The molecule has 1 amide bonds. The van der Waals surface area contributed by atoms with Crippen LogP contribution in [0.5, 0.6) is 0 Å². The summed E-state index contributed by atoms with van der Waals surface area (Å²) in [6, 6.07) is 8.10. The fraction of sp³-hybridized carbons (Fsp3) is 0.333. The minimum Gasteiger partial charge on any atom is -0.317 e. The SMILES string of the molecule is O=C(Nc1nc2ccccc2s1)c1cn(C2CCNCC2)nn1. The first kappa shape index (κ1) is 14.3. The molecular formula is C15H16N6OS. The summed E-state index contributed by atoms with van der Waals surface area (Å²) in [6.07, 6.45) is 3.73. The summed E-state index contributed by atoms with van der Waals surface area (Å²) in [4.78, 5) is 16.7. The van der Waals surface area contributed by atoms with Crippen molar-refractivity contribution >= 4 is 32.6 Å². The molecule has 2 aromatic heterocycles. The van der Waals surface area contributed by atoms with E-state index in [-0.39, 0.29) is 5.91 Å². The Bertz CT molecular complexity index is 802. The summed E-state index contributed by atoms with van der Waals surface area (Å²) in [5, 5.41) is 14.8. The van der Waals surface area contributed by atoms with Crippen molar-refractivity contribution in [1.29, 1.82) is 0 Å². The molecule has 2 N–H and O–H groups in total. The average Bonchev–Trinajstić information content (AvgIpc) is 3.22. The predicted octanol–water partition coefficient (Wildman–Crippen LogP) is 2.06. The van der Waals surface area contributed by atoms with Gasteiger partial charge in [-0.15, -0.1) is 5.10 Å². The van der Waals surface area contributed by atoms with Crippen LogP contribution in [0.4, 0.5) is 5.13 Å². The Morgan fingerprint density at radius 1 is 1.30 bits per heavy atom.